The number of ether oxygens (including phenoxy) is 1. The van der Waals surface area contributed by atoms with Gasteiger partial charge in [-0.15, -0.1) is 11.3 Å². The molecule has 1 spiro atoms. The number of anilines is 2. The van der Waals surface area contributed by atoms with Crippen LogP contribution >= 0.6 is 22.9 Å². The minimum absolute atomic E-state index is 0.0488. The van der Waals surface area contributed by atoms with Crippen LogP contribution in [0, 0.1) is 0 Å². The number of nitrogens with one attached hydrogen (secondary N) is 1. The second-order valence-corrected chi connectivity index (χ2v) is 9.16. The zero-order chi connectivity index (χ0) is 22.8. The quantitative estimate of drug-likeness (QED) is 0.594. The number of rotatable bonds is 3. The maximum Gasteiger partial charge on any atom is 0.346 e. The average molecular weight is 469 g/mol. The van der Waals surface area contributed by atoms with Gasteiger partial charge in [-0.05, 0) is 41.5 Å². The molecule has 0 saturated heterocycles. The molecule has 1 atom stereocenters. The Morgan fingerprint density at radius 2 is 1.94 bits per heavy atom. The molecule has 32 heavy (non-hydrogen) atoms. The number of likely N-dealkylation sites (N-methyl/N-ethyl adjacent to an activating group) is 1. The van der Waals surface area contributed by atoms with Gasteiger partial charge in [-0.25, -0.2) is 4.79 Å². The van der Waals surface area contributed by atoms with E-state index < -0.39 is 11.4 Å². The molecule has 9 heteroatoms. The molecule has 162 valence electrons. The first-order valence-electron chi connectivity index (χ1n) is 9.71. The number of carbonyl (C=O) groups is 3. The Hall–Kier alpha value is -3.36. The number of fused-ring (bicyclic) bond motifs is 4. The number of benzene rings is 2. The summed E-state index contributed by atoms with van der Waals surface area (Å²) in [5.74, 6) is -1.17. The summed E-state index contributed by atoms with van der Waals surface area (Å²) in [7, 11) is 3.19. The van der Waals surface area contributed by atoms with E-state index in [-0.39, 0.29) is 23.1 Å². The van der Waals surface area contributed by atoms with Crippen molar-refractivity contribution in [3.05, 3.63) is 62.8 Å². The third-order valence-corrected chi connectivity index (χ3v) is 7.58. The van der Waals surface area contributed by atoms with E-state index in [0.717, 1.165) is 11.3 Å². The van der Waals surface area contributed by atoms with Crippen LogP contribution < -0.4 is 15.0 Å². The lowest BCUT2D eigenvalue weighted by molar-refractivity contribution is -0.126. The van der Waals surface area contributed by atoms with Crippen molar-refractivity contribution in [2.45, 2.75) is 11.8 Å². The number of thiophene rings is 1. The van der Waals surface area contributed by atoms with Gasteiger partial charge in [0.2, 0.25) is 11.8 Å². The number of carboxylic acid groups (broad SMARTS) is 1. The summed E-state index contributed by atoms with van der Waals surface area (Å²) in [6.07, 6.45) is -0.127. The lowest BCUT2D eigenvalue weighted by Gasteiger charge is -2.32. The minimum atomic E-state index is -1.33. The Kier molecular flexibility index (Phi) is 4.54. The van der Waals surface area contributed by atoms with E-state index in [9.17, 15) is 19.5 Å². The van der Waals surface area contributed by atoms with Crippen molar-refractivity contribution in [3.8, 4) is 16.9 Å². The van der Waals surface area contributed by atoms with Gasteiger partial charge < -0.3 is 20.1 Å². The van der Waals surface area contributed by atoms with Crippen LogP contribution in [0.15, 0.2) is 42.5 Å². The summed E-state index contributed by atoms with van der Waals surface area (Å²) in [6.45, 7) is 0. The lowest BCUT2D eigenvalue weighted by Crippen LogP contribution is -2.45. The van der Waals surface area contributed by atoms with Gasteiger partial charge in [0.15, 0.2) is 0 Å². The normalized spacial score (nSPS) is 19.0. The Labute approximate surface area is 192 Å². The van der Waals surface area contributed by atoms with Crippen molar-refractivity contribution in [1.82, 2.24) is 0 Å². The number of aromatic carboxylic acids is 1. The van der Waals surface area contributed by atoms with Crippen molar-refractivity contribution in [1.29, 1.82) is 0 Å². The van der Waals surface area contributed by atoms with Crippen molar-refractivity contribution < 1.29 is 24.2 Å². The fraction of sp³-hybridized carbons (Fsp3) is 0.174. The summed E-state index contributed by atoms with van der Waals surface area (Å²) >= 11 is 7.28. The molecule has 0 saturated carbocycles. The number of amides is 2. The summed E-state index contributed by atoms with van der Waals surface area (Å²) < 4.78 is 5.20. The van der Waals surface area contributed by atoms with E-state index in [1.165, 1.54) is 4.90 Å². The van der Waals surface area contributed by atoms with Crippen molar-refractivity contribution in [3.63, 3.8) is 0 Å². The van der Waals surface area contributed by atoms with Gasteiger partial charge in [-0.1, -0.05) is 23.7 Å². The first-order valence-corrected chi connectivity index (χ1v) is 10.9. The van der Waals surface area contributed by atoms with Gasteiger partial charge >= 0.3 is 5.97 Å². The Balaban J connectivity index is 1.83. The average Bonchev–Trinajstić information content (AvgIpc) is 3.25. The predicted molar refractivity (Wildman–Crippen MR) is 122 cm³/mol. The number of methoxy groups -OCH3 is 1. The molecule has 0 radical (unpaired) electrons. The van der Waals surface area contributed by atoms with E-state index in [0.29, 0.717) is 43.7 Å². The smallest absolute Gasteiger partial charge is 0.346 e. The largest absolute Gasteiger partial charge is 0.497 e. The Morgan fingerprint density at radius 3 is 2.59 bits per heavy atom. The molecule has 2 aromatic carbocycles. The molecule has 2 aliphatic heterocycles. The zero-order valence-electron chi connectivity index (χ0n) is 17.1. The standard InChI is InChI=1S/C23H17ClN2O5S/c1-26-15-8-5-12(24)9-14(15)23(22(26)30)10-16(27)25-18-17(19(21(28)29)32-20(18)23)11-3-6-13(31-2)7-4-11/h3-9H,10H2,1-2H3,(H,25,27)(H,28,29)/t23-/m1/s1. The first kappa shape index (κ1) is 20.5. The van der Waals surface area contributed by atoms with E-state index in [1.54, 1.807) is 56.6 Å². The summed E-state index contributed by atoms with van der Waals surface area (Å²) in [5, 5.41) is 13.3. The van der Waals surface area contributed by atoms with Crippen LogP contribution in [0.1, 0.15) is 26.5 Å². The van der Waals surface area contributed by atoms with Gasteiger partial charge in [0, 0.05) is 23.3 Å². The van der Waals surface area contributed by atoms with Gasteiger partial charge in [0.05, 0.1) is 24.1 Å². The molecule has 5 rings (SSSR count). The van der Waals surface area contributed by atoms with E-state index >= 15 is 0 Å². The fourth-order valence-corrected chi connectivity index (χ4v) is 6.07. The number of hydrogen-bond donors (Lipinski definition) is 2. The summed E-state index contributed by atoms with van der Waals surface area (Å²) in [4.78, 5) is 40.8. The van der Waals surface area contributed by atoms with Gasteiger partial charge in [-0.3, -0.25) is 9.59 Å². The molecule has 3 aromatic rings. The van der Waals surface area contributed by atoms with Crippen molar-refractivity contribution in [2.24, 2.45) is 0 Å². The molecule has 0 unspecified atom stereocenters. The molecule has 2 N–H and O–H groups in total. The zero-order valence-corrected chi connectivity index (χ0v) is 18.6. The lowest BCUT2D eigenvalue weighted by atomic mass is 9.74. The molecular weight excluding hydrogens is 452 g/mol. The van der Waals surface area contributed by atoms with Crippen LogP contribution in [0.4, 0.5) is 11.4 Å². The van der Waals surface area contributed by atoms with Gasteiger partial charge in [-0.2, -0.15) is 0 Å². The summed E-state index contributed by atoms with van der Waals surface area (Å²) in [6, 6.07) is 12.0. The second kappa shape index (κ2) is 7.08. The van der Waals surface area contributed by atoms with Crippen LogP contribution in [0.5, 0.6) is 5.75 Å². The van der Waals surface area contributed by atoms with E-state index in [2.05, 4.69) is 5.32 Å². The maximum absolute atomic E-state index is 13.6. The summed E-state index contributed by atoms with van der Waals surface area (Å²) in [5.41, 5.74) is 1.25. The third kappa shape index (κ3) is 2.69. The van der Waals surface area contributed by atoms with Crippen molar-refractivity contribution in [2.75, 3.05) is 24.4 Å². The van der Waals surface area contributed by atoms with E-state index in [1.807, 2.05) is 0 Å². The van der Waals surface area contributed by atoms with Gasteiger partial charge in [0.25, 0.3) is 0 Å². The van der Waals surface area contributed by atoms with Crippen LogP contribution in [0.25, 0.3) is 11.1 Å². The minimum Gasteiger partial charge on any atom is -0.497 e. The molecule has 0 bridgehead atoms. The number of nitrogens with zero attached hydrogens (tertiary/aromatic N) is 1. The first-order chi connectivity index (χ1) is 15.3. The molecule has 2 aliphatic rings. The van der Waals surface area contributed by atoms with Crippen LogP contribution in [-0.4, -0.2) is 37.0 Å². The number of carbonyl (C=O) groups excluding carboxylic acids is 2. The highest BCUT2D eigenvalue weighted by atomic mass is 35.5. The number of halogens is 1. The van der Waals surface area contributed by atoms with E-state index in [4.69, 9.17) is 16.3 Å². The number of hydrogen-bond acceptors (Lipinski definition) is 5. The predicted octanol–water partition coefficient (Wildman–Crippen LogP) is 4.38. The highest BCUT2D eigenvalue weighted by Gasteiger charge is 2.57. The van der Waals surface area contributed by atoms with Crippen molar-refractivity contribution >= 4 is 52.1 Å². The number of carboxylic acids is 1. The molecule has 2 amide bonds. The van der Waals surface area contributed by atoms with Crippen LogP contribution in [-0.2, 0) is 15.0 Å². The Bertz CT molecular complexity index is 1320. The molecule has 0 fully saturated rings. The molecule has 1 aromatic heterocycles. The SMILES string of the molecule is COc1ccc(-c2c(C(=O)O)sc3c2NC(=O)C[C@]32C(=O)N(C)c3ccc(Cl)cc32)cc1. The Morgan fingerprint density at radius 1 is 1.22 bits per heavy atom. The highest BCUT2D eigenvalue weighted by molar-refractivity contribution is 7.15. The second-order valence-electron chi connectivity index (χ2n) is 7.70. The third-order valence-electron chi connectivity index (χ3n) is 6.01. The molecular formula is C23H17ClN2O5S. The monoisotopic (exact) mass is 468 g/mol. The maximum atomic E-state index is 13.6. The topological polar surface area (TPSA) is 95.9 Å². The van der Waals surface area contributed by atoms with Gasteiger partial charge in [0.1, 0.15) is 16.0 Å². The highest BCUT2D eigenvalue weighted by Crippen LogP contribution is 2.57. The molecule has 7 nitrogen and oxygen atoms in total. The van der Waals surface area contributed by atoms with Crippen LogP contribution in [0.3, 0.4) is 0 Å². The molecule has 0 aliphatic carbocycles. The van der Waals surface area contributed by atoms with Crippen LogP contribution in [0.2, 0.25) is 5.02 Å². The molecule has 3 heterocycles. The fourth-order valence-electron chi connectivity index (χ4n) is 4.58.